The van der Waals surface area contributed by atoms with Gasteiger partial charge in [-0.15, -0.1) is 11.8 Å². The van der Waals surface area contributed by atoms with E-state index in [1.807, 2.05) is 11.8 Å². The molecule has 0 radical (unpaired) electrons. The average molecular weight is 251 g/mol. The van der Waals surface area contributed by atoms with E-state index in [0.717, 1.165) is 12.8 Å². The number of hydrogen-bond donors (Lipinski definition) is 0. The van der Waals surface area contributed by atoms with E-state index in [0.29, 0.717) is 5.41 Å². The number of nitriles is 1. The van der Waals surface area contributed by atoms with E-state index >= 15 is 0 Å². The summed E-state index contributed by atoms with van der Waals surface area (Å²) in [5.41, 5.74) is 0.546. The quantitative estimate of drug-likeness (QED) is 0.661. The molecule has 2 rings (SSSR count). The fourth-order valence-corrected chi connectivity index (χ4v) is 5.73. The number of nitrogens with zero attached hydrogens (tertiary/aromatic N) is 1. The van der Waals surface area contributed by atoms with Gasteiger partial charge in [-0.2, -0.15) is 5.26 Å². The maximum atomic E-state index is 9.51. The Morgan fingerprint density at radius 2 is 1.53 bits per heavy atom. The highest BCUT2D eigenvalue weighted by atomic mass is 32.2. The molecule has 0 unspecified atom stereocenters. The lowest BCUT2D eigenvalue weighted by Crippen LogP contribution is -2.50. The van der Waals surface area contributed by atoms with Gasteiger partial charge in [-0.3, -0.25) is 0 Å². The van der Waals surface area contributed by atoms with Crippen LogP contribution in [0.2, 0.25) is 0 Å². The minimum atomic E-state index is -0.0669. The third-order valence-corrected chi connectivity index (χ3v) is 5.57. The molecular weight excluding hydrogens is 226 g/mol. The van der Waals surface area contributed by atoms with Crippen LogP contribution in [0.15, 0.2) is 0 Å². The third-order valence-electron chi connectivity index (χ3n) is 4.19. The summed E-state index contributed by atoms with van der Waals surface area (Å²) in [6.07, 6.45) is 10.7. The molecule has 1 nitrogen and oxygen atoms in total. The fourth-order valence-electron chi connectivity index (χ4n) is 3.75. The van der Waals surface area contributed by atoms with Crippen molar-refractivity contribution < 1.29 is 0 Å². The van der Waals surface area contributed by atoms with Gasteiger partial charge in [-0.05, 0) is 31.1 Å². The van der Waals surface area contributed by atoms with Gasteiger partial charge in [-0.25, -0.2) is 0 Å². The predicted molar refractivity (Wildman–Crippen MR) is 75.1 cm³/mol. The Morgan fingerprint density at radius 3 is 1.94 bits per heavy atom. The van der Waals surface area contributed by atoms with Crippen LogP contribution < -0.4 is 0 Å². The normalized spacial score (nSPS) is 26.9. The average Bonchev–Trinajstić information content (AvgIpc) is 2.39. The molecule has 0 bridgehead atoms. The van der Waals surface area contributed by atoms with Crippen molar-refractivity contribution in [3.05, 3.63) is 0 Å². The van der Waals surface area contributed by atoms with Crippen molar-refractivity contribution in [1.82, 2.24) is 0 Å². The Kier molecular flexibility index (Phi) is 3.51. The summed E-state index contributed by atoms with van der Waals surface area (Å²) in [7, 11) is 0. The molecule has 0 N–H and O–H groups in total. The predicted octanol–water partition coefficient (Wildman–Crippen LogP) is 4.91. The number of hydrogen-bond acceptors (Lipinski definition) is 2. The van der Waals surface area contributed by atoms with Crippen LogP contribution in [0.3, 0.4) is 0 Å². The van der Waals surface area contributed by atoms with E-state index in [1.54, 1.807) is 0 Å². The lowest BCUT2D eigenvalue weighted by molar-refractivity contribution is 0.0876. The minimum Gasteiger partial charge on any atom is -0.197 e. The van der Waals surface area contributed by atoms with Crippen LogP contribution >= 0.6 is 11.8 Å². The molecule has 2 fully saturated rings. The van der Waals surface area contributed by atoms with Crippen molar-refractivity contribution in [3.63, 3.8) is 0 Å². The van der Waals surface area contributed by atoms with Crippen LogP contribution in [0.4, 0.5) is 0 Å². The Morgan fingerprint density at radius 1 is 1.00 bits per heavy atom. The van der Waals surface area contributed by atoms with Gasteiger partial charge in [0.2, 0.25) is 0 Å². The Hall–Kier alpha value is -0.160. The van der Waals surface area contributed by atoms with E-state index in [9.17, 15) is 5.26 Å². The number of thioether (sulfide) groups is 1. The summed E-state index contributed by atoms with van der Waals surface area (Å²) >= 11 is 1.90. The first-order valence-corrected chi connectivity index (χ1v) is 7.82. The molecule has 17 heavy (non-hydrogen) atoms. The van der Waals surface area contributed by atoms with Crippen molar-refractivity contribution >= 4 is 11.8 Å². The molecular formula is C15H25NS. The molecule has 0 heterocycles. The highest BCUT2D eigenvalue weighted by molar-refractivity contribution is 8.02. The Labute approximate surface area is 110 Å². The molecule has 2 saturated carbocycles. The van der Waals surface area contributed by atoms with E-state index < -0.39 is 0 Å². The zero-order chi connectivity index (χ0) is 12.6. The van der Waals surface area contributed by atoms with Gasteiger partial charge in [0.15, 0.2) is 0 Å². The summed E-state index contributed by atoms with van der Waals surface area (Å²) in [5, 5.41) is 9.51. The largest absolute Gasteiger partial charge is 0.197 e. The van der Waals surface area contributed by atoms with Crippen LogP contribution in [0.5, 0.6) is 0 Å². The van der Waals surface area contributed by atoms with Crippen LogP contribution in [0.25, 0.3) is 0 Å². The van der Waals surface area contributed by atoms with Gasteiger partial charge in [0.1, 0.15) is 4.75 Å². The Bertz CT molecular complexity index is 305. The standard InChI is InChI=1S/C15H25NS/c1-13(2,3)17-15(12-16)10-14(11-15)8-6-4-5-7-9-14/h4-11H2,1-3H3. The molecule has 2 aliphatic carbocycles. The van der Waals surface area contributed by atoms with Crippen LogP contribution in [0.1, 0.15) is 72.1 Å². The van der Waals surface area contributed by atoms with E-state index in [-0.39, 0.29) is 9.49 Å². The smallest absolute Gasteiger partial charge is 0.104 e. The first-order chi connectivity index (χ1) is 7.89. The molecule has 2 aliphatic rings. The summed E-state index contributed by atoms with van der Waals surface area (Å²) in [4.78, 5) is 0. The lowest BCUT2D eigenvalue weighted by atomic mass is 9.58. The first kappa shape index (κ1) is 13.3. The van der Waals surface area contributed by atoms with Crippen molar-refractivity contribution in [3.8, 4) is 6.07 Å². The van der Waals surface area contributed by atoms with Gasteiger partial charge >= 0.3 is 0 Å². The Balaban J connectivity index is 2.00. The highest BCUT2D eigenvalue weighted by Crippen LogP contribution is 2.62. The maximum absolute atomic E-state index is 9.51. The first-order valence-electron chi connectivity index (χ1n) is 7.00. The van der Waals surface area contributed by atoms with Crippen molar-refractivity contribution in [2.75, 3.05) is 0 Å². The summed E-state index contributed by atoms with van der Waals surface area (Å²) in [6.45, 7) is 6.69. The van der Waals surface area contributed by atoms with Gasteiger partial charge in [-0.1, -0.05) is 46.5 Å². The van der Waals surface area contributed by atoms with Gasteiger partial charge in [0, 0.05) is 4.75 Å². The van der Waals surface area contributed by atoms with Crippen LogP contribution in [-0.4, -0.2) is 9.49 Å². The van der Waals surface area contributed by atoms with Crippen molar-refractivity contribution in [2.45, 2.75) is 81.6 Å². The second-order valence-corrected chi connectivity index (χ2v) is 9.30. The van der Waals surface area contributed by atoms with Gasteiger partial charge < -0.3 is 0 Å². The zero-order valence-corrected chi connectivity index (χ0v) is 12.3. The molecule has 0 aromatic carbocycles. The summed E-state index contributed by atoms with van der Waals surface area (Å²) < 4.78 is 0.144. The lowest BCUT2D eigenvalue weighted by Gasteiger charge is -2.54. The molecule has 0 aromatic heterocycles. The minimum absolute atomic E-state index is 0.0669. The van der Waals surface area contributed by atoms with E-state index in [4.69, 9.17) is 0 Å². The summed E-state index contributed by atoms with van der Waals surface area (Å²) in [6, 6.07) is 2.63. The van der Waals surface area contributed by atoms with Crippen molar-refractivity contribution in [2.24, 2.45) is 5.41 Å². The molecule has 0 atom stereocenters. The summed E-state index contributed by atoms with van der Waals surface area (Å²) in [5.74, 6) is 0. The third kappa shape index (κ3) is 2.99. The van der Waals surface area contributed by atoms with Crippen LogP contribution in [0, 0.1) is 16.7 Å². The maximum Gasteiger partial charge on any atom is 0.104 e. The molecule has 0 aliphatic heterocycles. The van der Waals surface area contributed by atoms with E-state index in [2.05, 4.69) is 26.8 Å². The monoisotopic (exact) mass is 251 g/mol. The topological polar surface area (TPSA) is 23.8 Å². The second kappa shape index (κ2) is 4.50. The highest BCUT2D eigenvalue weighted by Gasteiger charge is 2.56. The van der Waals surface area contributed by atoms with Gasteiger partial charge in [0.05, 0.1) is 6.07 Å². The molecule has 2 heteroatoms. The fraction of sp³-hybridized carbons (Fsp3) is 0.933. The van der Waals surface area contributed by atoms with Gasteiger partial charge in [0.25, 0.3) is 0 Å². The molecule has 1 spiro atoms. The SMILES string of the molecule is CC(C)(C)SC1(C#N)CC2(CCCCCC2)C1. The van der Waals surface area contributed by atoms with Crippen LogP contribution in [-0.2, 0) is 0 Å². The second-order valence-electron chi connectivity index (χ2n) is 7.09. The molecule has 0 amide bonds. The molecule has 96 valence electrons. The number of rotatable bonds is 1. The zero-order valence-electron chi connectivity index (χ0n) is 11.5. The molecule has 0 saturated heterocycles. The van der Waals surface area contributed by atoms with E-state index in [1.165, 1.54) is 38.5 Å². The van der Waals surface area contributed by atoms with Crippen molar-refractivity contribution in [1.29, 1.82) is 5.26 Å². The molecule has 0 aromatic rings.